The average Bonchev–Trinajstić information content (AvgIpc) is 3.28. The van der Waals surface area contributed by atoms with Crippen molar-refractivity contribution in [3.63, 3.8) is 0 Å². The molecule has 1 fully saturated rings. The molecule has 4 rings (SSSR count). The van der Waals surface area contributed by atoms with Crippen LogP contribution in [0.4, 0.5) is 13.2 Å². The van der Waals surface area contributed by atoms with E-state index >= 15 is 0 Å². The van der Waals surface area contributed by atoms with E-state index < -0.39 is 34.4 Å². The predicted molar refractivity (Wildman–Crippen MR) is 138 cm³/mol. The maximum Gasteiger partial charge on any atom is 0.390 e. The van der Waals surface area contributed by atoms with Gasteiger partial charge in [0.1, 0.15) is 11.6 Å². The SMILES string of the molecule is Cc1c(C(=O)N(O)C2CCCCC2)nc(-c2cccc(C#N)c2)n1-c1ccc(OS(=O)(=O)CCC(F)(F)F)cc1. The summed E-state index contributed by atoms with van der Waals surface area (Å²) in [6.45, 7) is 1.64. The topological polar surface area (TPSA) is 126 Å². The molecule has 1 amide bonds. The van der Waals surface area contributed by atoms with E-state index in [1.807, 2.05) is 0 Å². The molecule has 9 nitrogen and oxygen atoms in total. The summed E-state index contributed by atoms with van der Waals surface area (Å²) in [4.78, 5) is 17.9. The maximum absolute atomic E-state index is 13.3. The van der Waals surface area contributed by atoms with Crippen molar-refractivity contribution >= 4 is 16.0 Å². The second kappa shape index (κ2) is 11.7. The Balaban J connectivity index is 1.70. The number of benzene rings is 2. The number of aromatic nitrogens is 2. The first-order valence-electron chi connectivity index (χ1n) is 12.6. The van der Waals surface area contributed by atoms with Gasteiger partial charge in [-0.1, -0.05) is 31.4 Å². The van der Waals surface area contributed by atoms with Crippen LogP contribution >= 0.6 is 0 Å². The summed E-state index contributed by atoms with van der Waals surface area (Å²) >= 11 is 0. The summed E-state index contributed by atoms with van der Waals surface area (Å²) in [5.41, 5.74) is 1.68. The van der Waals surface area contributed by atoms with Gasteiger partial charge in [-0.05, 0) is 56.2 Å². The Kier molecular flexibility index (Phi) is 8.51. The summed E-state index contributed by atoms with van der Waals surface area (Å²) in [5, 5.41) is 20.8. The molecule has 1 N–H and O–H groups in total. The molecule has 13 heteroatoms. The molecule has 40 heavy (non-hydrogen) atoms. The highest BCUT2D eigenvalue weighted by Gasteiger charge is 2.32. The largest absolute Gasteiger partial charge is 0.390 e. The van der Waals surface area contributed by atoms with E-state index in [2.05, 4.69) is 11.1 Å². The number of alkyl halides is 3. The van der Waals surface area contributed by atoms with Crippen molar-refractivity contribution in [3.05, 3.63) is 65.5 Å². The lowest BCUT2D eigenvalue weighted by Gasteiger charge is -2.28. The van der Waals surface area contributed by atoms with Crippen molar-refractivity contribution in [2.45, 2.75) is 57.7 Å². The smallest absolute Gasteiger partial charge is 0.382 e. The zero-order valence-corrected chi connectivity index (χ0v) is 22.4. The molecule has 3 aromatic rings. The Morgan fingerprint density at radius 3 is 2.48 bits per heavy atom. The molecular weight excluding hydrogens is 549 g/mol. The molecule has 1 heterocycles. The molecule has 0 aliphatic heterocycles. The minimum Gasteiger partial charge on any atom is -0.382 e. The lowest BCUT2D eigenvalue weighted by atomic mass is 9.95. The van der Waals surface area contributed by atoms with Crippen LogP contribution in [0.25, 0.3) is 17.1 Å². The van der Waals surface area contributed by atoms with Crippen molar-refractivity contribution in [1.29, 1.82) is 5.26 Å². The van der Waals surface area contributed by atoms with E-state index in [1.54, 1.807) is 35.8 Å². The Morgan fingerprint density at radius 1 is 1.18 bits per heavy atom. The molecule has 0 bridgehead atoms. The van der Waals surface area contributed by atoms with E-state index in [-0.39, 0.29) is 17.5 Å². The summed E-state index contributed by atoms with van der Waals surface area (Å²) in [6.07, 6.45) is -2.00. The van der Waals surface area contributed by atoms with Gasteiger partial charge in [0.15, 0.2) is 5.69 Å². The van der Waals surface area contributed by atoms with E-state index in [1.165, 1.54) is 24.3 Å². The number of halogens is 3. The molecule has 1 saturated carbocycles. The number of rotatable bonds is 8. The molecule has 1 aromatic heterocycles. The van der Waals surface area contributed by atoms with Crippen LogP contribution in [-0.4, -0.2) is 52.1 Å². The van der Waals surface area contributed by atoms with Crippen molar-refractivity contribution in [2.24, 2.45) is 0 Å². The van der Waals surface area contributed by atoms with Gasteiger partial charge in [0, 0.05) is 11.3 Å². The lowest BCUT2D eigenvalue weighted by Crippen LogP contribution is -2.39. The fourth-order valence-corrected chi connectivity index (χ4v) is 5.59. The number of nitrogens with zero attached hydrogens (tertiary/aromatic N) is 4. The van der Waals surface area contributed by atoms with Crippen LogP contribution in [0.5, 0.6) is 5.75 Å². The highest BCUT2D eigenvalue weighted by molar-refractivity contribution is 7.87. The molecule has 0 saturated heterocycles. The minimum absolute atomic E-state index is 0.000453. The molecule has 0 unspecified atom stereocenters. The Hall–Kier alpha value is -3.89. The summed E-state index contributed by atoms with van der Waals surface area (Å²) in [7, 11) is -4.49. The van der Waals surface area contributed by atoms with Crippen LogP contribution in [0.2, 0.25) is 0 Å². The number of hydroxylamine groups is 2. The molecule has 0 spiro atoms. The zero-order valence-electron chi connectivity index (χ0n) is 21.6. The third-order valence-corrected chi connectivity index (χ3v) is 7.79. The minimum atomic E-state index is -4.64. The third kappa shape index (κ3) is 6.81. The molecular formula is C27H27F3N4O5S. The average molecular weight is 577 g/mol. The fourth-order valence-electron chi connectivity index (χ4n) is 4.62. The number of carbonyl (C=O) groups is 1. The maximum atomic E-state index is 13.3. The lowest BCUT2D eigenvalue weighted by molar-refractivity contribution is -0.130. The van der Waals surface area contributed by atoms with Gasteiger partial charge in [0.25, 0.3) is 5.91 Å². The second-order valence-electron chi connectivity index (χ2n) is 9.54. The van der Waals surface area contributed by atoms with Crippen molar-refractivity contribution < 1.29 is 35.8 Å². The zero-order chi connectivity index (χ0) is 29.1. The van der Waals surface area contributed by atoms with Gasteiger partial charge in [0.05, 0.1) is 35.5 Å². The normalized spacial score (nSPS) is 14.5. The van der Waals surface area contributed by atoms with Crippen LogP contribution in [0, 0.1) is 18.3 Å². The second-order valence-corrected chi connectivity index (χ2v) is 11.2. The van der Waals surface area contributed by atoms with E-state index in [0.717, 1.165) is 24.3 Å². The van der Waals surface area contributed by atoms with Crippen LogP contribution in [-0.2, 0) is 10.1 Å². The predicted octanol–water partition coefficient (Wildman–Crippen LogP) is 5.54. The number of hydrogen-bond donors (Lipinski definition) is 1. The van der Waals surface area contributed by atoms with Crippen molar-refractivity contribution in [3.8, 4) is 28.9 Å². The number of carbonyl (C=O) groups excluding carboxylic acids is 1. The molecule has 2 aromatic carbocycles. The quantitative estimate of drug-likeness (QED) is 0.212. The van der Waals surface area contributed by atoms with E-state index in [4.69, 9.17) is 4.18 Å². The van der Waals surface area contributed by atoms with Crippen molar-refractivity contribution in [1.82, 2.24) is 14.6 Å². The van der Waals surface area contributed by atoms with Gasteiger partial charge in [-0.3, -0.25) is 14.6 Å². The third-order valence-electron chi connectivity index (χ3n) is 6.64. The number of amides is 1. The number of nitriles is 1. The van der Waals surface area contributed by atoms with Crippen LogP contribution in [0.3, 0.4) is 0 Å². The highest BCUT2D eigenvalue weighted by atomic mass is 32.2. The first kappa shape index (κ1) is 29.1. The van der Waals surface area contributed by atoms with E-state index in [0.29, 0.717) is 41.2 Å². The summed E-state index contributed by atoms with van der Waals surface area (Å²) < 4.78 is 67.8. The molecule has 1 aliphatic carbocycles. The van der Waals surface area contributed by atoms with Gasteiger partial charge in [-0.25, -0.2) is 10.0 Å². The highest BCUT2D eigenvalue weighted by Crippen LogP contribution is 2.30. The molecule has 1 aliphatic rings. The van der Waals surface area contributed by atoms with Crippen molar-refractivity contribution in [2.75, 3.05) is 5.75 Å². The van der Waals surface area contributed by atoms with Crippen LogP contribution in [0.15, 0.2) is 48.5 Å². The van der Waals surface area contributed by atoms with Crippen LogP contribution < -0.4 is 4.18 Å². The Morgan fingerprint density at radius 2 is 1.85 bits per heavy atom. The van der Waals surface area contributed by atoms with Gasteiger partial charge >= 0.3 is 16.3 Å². The molecule has 0 atom stereocenters. The van der Waals surface area contributed by atoms with Gasteiger partial charge in [-0.2, -0.15) is 26.9 Å². The molecule has 0 radical (unpaired) electrons. The van der Waals surface area contributed by atoms with Gasteiger partial charge in [-0.15, -0.1) is 0 Å². The first-order valence-corrected chi connectivity index (χ1v) is 14.2. The molecule has 212 valence electrons. The summed E-state index contributed by atoms with van der Waals surface area (Å²) in [6, 6.07) is 13.8. The monoisotopic (exact) mass is 576 g/mol. The Labute approximate surface area is 229 Å². The summed E-state index contributed by atoms with van der Waals surface area (Å²) in [5.74, 6) is -1.78. The van der Waals surface area contributed by atoms with E-state index in [9.17, 15) is 36.9 Å². The number of imidazole rings is 1. The number of hydrogen-bond acceptors (Lipinski definition) is 7. The van der Waals surface area contributed by atoms with Crippen LogP contribution in [0.1, 0.15) is 60.3 Å². The van der Waals surface area contributed by atoms with Gasteiger partial charge in [0.2, 0.25) is 0 Å². The Bertz CT molecular complexity index is 1520. The standard InChI is InChI=1S/C27H27F3N4O5S/c1-18-24(26(35)34(36)22-8-3-2-4-9-22)32-25(20-7-5-6-19(16-20)17-31)33(18)21-10-12-23(13-11-21)39-40(37,38)15-14-27(28,29)30/h5-7,10-13,16,22,36H,2-4,8-9,14-15H2,1H3. The first-order chi connectivity index (χ1) is 18.9. The fraction of sp³-hybridized carbons (Fsp3) is 0.370. The van der Waals surface area contributed by atoms with Gasteiger partial charge < -0.3 is 4.18 Å².